The topological polar surface area (TPSA) is 15.3 Å². The average molecular weight is 260 g/mol. The monoisotopic (exact) mass is 260 g/mol. The molecule has 1 aromatic carbocycles. The molecule has 0 radical (unpaired) electrons. The van der Waals surface area contributed by atoms with Crippen LogP contribution in [0.15, 0.2) is 24.3 Å². The van der Waals surface area contributed by atoms with Crippen LogP contribution in [-0.4, -0.2) is 26.7 Å². The fourth-order valence-electron chi connectivity index (χ4n) is 3.16. The Hall–Kier alpha value is -1.02. The molecule has 0 amide bonds. The first-order valence-corrected chi connectivity index (χ1v) is 7.70. The molecule has 2 heteroatoms. The van der Waals surface area contributed by atoms with Crippen molar-refractivity contribution in [2.45, 2.75) is 39.5 Å². The summed E-state index contributed by atoms with van der Waals surface area (Å²) in [6.45, 7) is 8.09. The summed E-state index contributed by atoms with van der Waals surface area (Å²) in [5, 5.41) is 3.48. The normalized spacial score (nSPS) is 18.3. The highest BCUT2D eigenvalue weighted by molar-refractivity contribution is 5.47. The molecule has 19 heavy (non-hydrogen) atoms. The molecule has 1 aliphatic heterocycles. The number of nitrogens with one attached hydrogen (secondary N) is 1. The largest absolute Gasteiger partial charge is 0.374 e. The van der Waals surface area contributed by atoms with Gasteiger partial charge in [0.25, 0.3) is 0 Å². The van der Waals surface area contributed by atoms with Crippen molar-refractivity contribution in [1.29, 1.82) is 0 Å². The second kappa shape index (κ2) is 6.42. The Balaban J connectivity index is 2.03. The van der Waals surface area contributed by atoms with Crippen LogP contribution in [0.4, 0.5) is 5.69 Å². The van der Waals surface area contributed by atoms with E-state index in [0.29, 0.717) is 5.41 Å². The lowest BCUT2D eigenvalue weighted by Crippen LogP contribution is -2.43. The third-order valence-electron chi connectivity index (χ3n) is 4.77. The Morgan fingerprint density at radius 2 is 1.74 bits per heavy atom. The maximum absolute atomic E-state index is 3.48. The quantitative estimate of drug-likeness (QED) is 0.872. The minimum Gasteiger partial charge on any atom is -0.374 e. The molecule has 1 heterocycles. The van der Waals surface area contributed by atoms with Crippen LogP contribution >= 0.6 is 0 Å². The lowest BCUT2D eigenvalue weighted by Gasteiger charge is -2.40. The molecule has 0 unspecified atom stereocenters. The van der Waals surface area contributed by atoms with Crippen molar-refractivity contribution in [2.24, 2.45) is 5.41 Å². The van der Waals surface area contributed by atoms with Crippen LogP contribution in [0.2, 0.25) is 0 Å². The van der Waals surface area contributed by atoms with Gasteiger partial charge in [-0.2, -0.15) is 0 Å². The van der Waals surface area contributed by atoms with E-state index in [1.165, 1.54) is 50.1 Å². The first kappa shape index (κ1) is 14.4. The van der Waals surface area contributed by atoms with E-state index in [4.69, 9.17) is 0 Å². The summed E-state index contributed by atoms with van der Waals surface area (Å²) in [7, 11) is 2.24. The van der Waals surface area contributed by atoms with Crippen molar-refractivity contribution in [3.63, 3.8) is 0 Å². The van der Waals surface area contributed by atoms with Crippen LogP contribution in [0.5, 0.6) is 0 Å². The van der Waals surface area contributed by atoms with E-state index < -0.39 is 0 Å². The third kappa shape index (κ3) is 3.50. The van der Waals surface area contributed by atoms with Crippen molar-refractivity contribution in [3.8, 4) is 0 Å². The van der Waals surface area contributed by atoms with Crippen LogP contribution in [-0.2, 0) is 6.42 Å². The van der Waals surface area contributed by atoms with Crippen molar-refractivity contribution in [1.82, 2.24) is 5.32 Å². The summed E-state index contributed by atoms with van der Waals surface area (Å²) in [6, 6.07) is 9.05. The summed E-state index contributed by atoms with van der Waals surface area (Å²) >= 11 is 0. The smallest absolute Gasteiger partial charge is 0.0363 e. The van der Waals surface area contributed by atoms with E-state index in [1.807, 2.05) is 0 Å². The van der Waals surface area contributed by atoms with Gasteiger partial charge in [-0.15, -0.1) is 0 Å². The molecule has 2 nitrogen and oxygen atoms in total. The zero-order chi connectivity index (χ0) is 13.7. The summed E-state index contributed by atoms with van der Waals surface area (Å²) in [6.07, 6.45) is 5.02. The first-order chi connectivity index (χ1) is 9.19. The molecule has 0 atom stereocenters. The molecule has 106 valence electrons. The first-order valence-electron chi connectivity index (χ1n) is 7.70. The van der Waals surface area contributed by atoms with Crippen LogP contribution in [0.1, 0.15) is 38.7 Å². The molecule has 1 aromatic rings. The summed E-state index contributed by atoms with van der Waals surface area (Å²) in [4.78, 5) is 2.44. The molecule has 0 saturated carbocycles. The van der Waals surface area contributed by atoms with Crippen molar-refractivity contribution in [3.05, 3.63) is 29.8 Å². The van der Waals surface area contributed by atoms with Crippen molar-refractivity contribution in [2.75, 3.05) is 31.6 Å². The van der Waals surface area contributed by atoms with Crippen LogP contribution in [0.25, 0.3) is 0 Å². The van der Waals surface area contributed by atoms with Gasteiger partial charge in [0.05, 0.1) is 0 Å². The molecule has 1 aliphatic rings. The molecule has 0 bridgehead atoms. The average Bonchev–Trinajstić information content (AvgIpc) is 2.48. The summed E-state index contributed by atoms with van der Waals surface area (Å²) in [5.74, 6) is 0. The highest BCUT2D eigenvalue weighted by Crippen LogP contribution is 2.34. The molecule has 0 aromatic heterocycles. The molecule has 2 rings (SSSR count). The Bertz CT molecular complexity index is 377. The van der Waals surface area contributed by atoms with Gasteiger partial charge in [-0.3, -0.25) is 0 Å². The van der Waals surface area contributed by atoms with Gasteiger partial charge < -0.3 is 10.2 Å². The number of rotatable bonds is 5. The van der Waals surface area contributed by atoms with Gasteiger partial charge in [0, 0.05) is 19.3 Å². The fourth-order valence-corrected chi connectivity index (χ4v) is 3.16. The number of nitrogens with zero attached hydrogens (tertiary/aromatic N) is 1. The van der Waals surface area contributed by atoms with Gasteiger partial charge in [0.15, 0.2) is 0 Å². The summed E-state index contributed by atoms with van der Waals surface area (Å²) in [5.41, 5.74) is 3.27. The highest BCUT2D eigenvalue weighted by atomic mass is 15.1. The van der Waals surface area contributed by atoms with E-state index in [9.17, 15) is 0 Å². The highest BCUT2D eigenvalue weighted by Gasteiger charge is 2.31. The predicted octanol–water partition coefficient (Wildman–Crippen LogP) is 3.47. The van der Waals surface area contributed by atoms with Gasteiger partial charge >= 0.3 is 0 Å². The van der Waals surface area contributed by atoms with Crippen LogP contribution in [0.3, 0.4) is 0 Å². The Morgan fingerprint density at radius 1 is 1.11 bits per heavy atom. The Kier molecular flexibility index (Phi) is 4.87. The maximum Gasteiger partial charge on any atom is 0.0363 e. The number of anilines is 1. The van der Waals surface area contributed by atoms with E-state index in [-0.39, 0.29) is 0 Å². The molecular formula is C17H28N2. The maximum atomic E-state index is 3.48. The molecular weight excluding hydrogens is 232 g/mol. The van der Waals surface area contributed by atoms with Crippen LogP contribution < -0.4 is 10.2 Å². The molecule has 1 N–H and O–H groups in total. The molecule has 1 saturated heterocycles. The van der Waals surface area contributed by atoms with Crippen molar-refractivity contribution < 1.29 is 0 Å². The van der Waals surface area contributed by atoms with Gasteiger partial charge in [-0.1, -0.05) is 26.0 Å². The number of hydrogen-bond acceptors (Lipinski definition) is 2. The van der Waals surface area contributed by atoms with E-state index in [1.54, 1.807) is 0 Å². The van der Waals surface area contributed by atoms with Crippen LogP contribution in [0, 0.1) is 5.41 Å². The van der Waals surface area contributed by atoms with Gasteiger partial charge in [-0.05, 0) is 61.9 Å². The molecule has 1 fully saturated rings. The standard InChI is InChI=1S/C17H28N2/c1-4-15-6-8-16(9-7-15)19(3)14-17(5-2)10-12-18-13-11-17/h6-9,18H,4-5,10-14H2,1-3H3. The van der Waals surface area contributed by atoms with Gasteiger partial charge in [0.1, 0.15) is 0 Å². The third-order valence-corrected chi connectivity index (χ3v) is 4.77. The van der Waals surface area contributed by atoms with Crippen molar-refractivity contribution >= 4 is 5.69 Å². The van der Waals surface area contributed by atoms with Gasteiger partial charge in [-0.25, -0.2) is 0 Å². The minimum atomic E-state index is 0.503. The van der Waals surface area contributed by atoms with Gasteiger partial charge in [0.2, 0.25) is 0 Å². The molecule has 0 spiro atoms. The van der Waals surface area contributed by atoms with E-state index in [2.05, 4.69) is 55.4 Å². The zero-order valence-electron chi connectivity index (χ0n) is 12.7. The minimum absolute atomic E-state index is 0.503. The number of hydrogen-bond donors (Lipinski definition) is 1. The number of piperidine rings is 1. The lowest BCUT2D eigenvalue weighted by molar-refractivity contribution is 0.200. The second-order valence-corrected chi connectivity index (χ2v) is 5.98. The fraction of sp³-hybridized carbons (Fsp3) is 0.647. The second-order valence-electron chi connectivity index (χ2n) is 5.98. The Labute approximate surface area is 118 Å². The van der Waals surface area contributed by atoms with E-state index >= 15 is 0 Å². The Morgan fingerprint density at radius 3 is 2.26 bits per heavy atom. The number of aryl methyl sites for hydroxylation is 1. The zero-order valence-corrected chi connectivity index (χ0v) is 12.7. The van der Waals surface area contributed by atoms with E-state index in [0.717, 1.165) is 6.42 Å². The predicted molar refractivity (Wildman–Crippen MR) is 83.9 cm³/mol. The summed E-state index contributed by atoms with van der Waals surface area (Å²) < 4.78 is 0. The SMILES string of the molecule is CCc1ccc(N(C)CC2(CC)CCNCC2)cc1. The molecule has 0 aliphatic carbocycles. The number of benzene rings is 1. The lowest BCUT2D eigenvalue weighted by atomic mass is 9.76.